The van der Waals surface area contributed by atoms with E-state index >= 15 is 0 Å². The highest BCUT2D eigenvalue weighted by molar-refractivity contribution is 6.35. The number of benzene rings is 3. The molecule has 0 saturated carbocycles. The summed E-state index contributed by atoms with van der Waals surface area (Å²) in [5, 5.41) is 18.8. The number of carbonyl (C=O) groups is 2. The lowest BCUT2D eigenvalue weighted by Crippen LogP contribution is -2.52. The molecule has 0 spiro atoms. The van der Waals surface area contributed by atoms with E-state index in [4.69, 9.17) is 53.9 Å². The summed E-state index contributed by atoms with van der Waals surface area (Å²) < 4.78 is 17.7. The SMILES string of the molecule is CC(Oc1ccc(Cl)cc1Cl)C(=O)NC(C)(C#N)C(C)C.COC(=O)N(OC)c1ccccc1COc1ccn(-c2ccc(Cl)cc2)n1. The van der Waals surface area contributed by atoms with Crippen molar-refractivity contribution in [2.24, 2.45) is 5.92 Å². The average molecular weight is 717 g/mol. The van der Waals surface area contributed by atoms with Crippen LogP contribution in [0.2, 0.25) is 15.1 Å². The van der Waals surface area contributed by atoms with Crippen molar-refractivity contribution in [3.8, 4) is 23.4 Å². The number of para-hydroxylation sites is 1. The molecule has 11 nitrogen and oxygen atoms in total. The van der Waals surface area contributed by atoms with Crippen molar-refractivity contribution < 1.29 is 28.6 Å². The summed E-state index contributed by atoms with van der Waals surface area (Å²) in [4.78, 5) is 29.1. The van der Waals surface area contributed by atoms with Crippen molar-refractivity contribution in [2.45, 2.75) is 45.9 Å². The van der Waals surface area contributed by atoms with Gasteiger partial charge >= 0.3 is 6.09 Å². The average Bonchev–Trinajstić information content (AvgIpc) is 3.55. The van der Waals surface area contributed by atoms with Gasteiger partial charge in [0.15, 0.2) is 6.10 Å². The third kappa shape index (κ3) is 10.3. The first kappa shape index (κ1) is 38.0. The molecule has 1 heterocycles. The quantitative estimate of drug-likeness (QED) is 0.155. The van der Waals surface area contributed by atoms with Crippen molar-refractivity contribution in [2.75, 3.05) is 19.3 Å². The predicted octanol–water partition coefficient (Wildman–Crippen LogP) is 8.05. The predicted molar refractivity (Wildman–Crippen MR) is 185 cm³/mol. The van der Waals surface area contributed by atoms with Crippen LogP contribution in [0.15, 0.2) is 79.0 Å². The van der Waals surface area contributed by atoms with E-state index < -0.39 is 17.7 Å². The minimum Gasteiger partial charge on any atom is -0.479 e. The second kappa shape index (κ2) is 17.6. The van der Waals surface area contributed by atoms with Gasteiger partial charge in [-0.25, -0.2) is 9.48 Å². The van der Waals surface area contributed by atoms with E-state index in [0.717, 1.165) is 16.3 Å². The lowest BCUT2D eigenvalue weighted by atomic mass is 9.90. The zero-order chi connectivity index (χ0) is 35.4. The minimum absolute atomic E-state index is 0.0298. The first-order chi connectivity index (χ1) is 22.8. The molecule has 4 rings (SSSR count). The fourth-order valence-corrected chi connectivity index (χ4v) is 4.51. The number of hydrogen-bond donors (Lipinski definition) is 1. The van der Waals surface area contributed by atoms with Gasteiger partial charge in [-0.1, -0.05) is 66.8 Å². The molecule has 14 heteroatoms. The summed E-state index contributed by atoms with van der Waals surface area (Å²) in [5.74, 6) is 0.408. The maximum atomic E-state index is 12.1. The van der Waals surface area contributed by atoms with E-state index in [2.05, 4.69) is 16.5 Å². The molecule has 0 fully saturated rings. The molecule has 2 unspecified atom stereocenters. The Morgan fingerprint density at radius 2 is 1.67 bits per heavy atom. The number of rotatable bonds is 11. The Hall–Kier alpha value is -4.47. The molecule has 1 N–H and O–H groups in total. The van der Waals surface area contributed by atoms with Crippen LogP contribution in [0.25, 0.3) is 5.69 Å². The van der Waals surface area contributed by atoms with Crippen molar-refractivity contribution in [3.63, 3.8) is 0 Å². The van der Waals surface area contributed by atoms with Crippen LogP contribution in [-0.2, 0) is 21.0 Å². The number of nitriles is 1. The Bertz CT molecular complexity index is 1730. The normalized spacial score (nSPS) is 12.4. The summed E-state index contributed by atoms with van der Waals surface area (Å²) in [6.45, 7) is 7.21. The number of hydrogen-bond acceptors (Lipinski definition) is 8. The first-order valence-corrected chi connectivity index (χ1v) is 15.7. The van der Waals surface area contributed by atoms with E-state index in [1.54, 1.807) is 67.2 Å². The first-order valence-electron chi connectivity index (χ1n) is 14.6. The maximum Gasteiger partial charge on any atom is 0.438 e. The molecule has 2 atom stereocenters. The minimum atomic E-state index is -0.946. The lowest BCUT2D eigenvalue weighted by molar-refractivity contribution is -0.128. The van der Waals surface area contributed by atoms with Crippen LogP contribution in [0, 0.1) is 17.2 Å². The summed E-state index contributed by atoms with van der Waals surface area (Å²) in [5.41, 5.74) is 1.19. The molecule has 0 aliphatic carbocycles. The van der Waals surface area contributed by atoms with Crippen molar-refractivity contribution in [3.05, 3.63) is 99.6 Å². The van der Waals surface area contributed by atoms with Gasteiger partial charge in [0, 0.05) is 27.9 Å². The molecule has 2 amide bonds. The van der Waals surface area contributed by atoms with Crippen molar-refractivity contribution in [1.29, 1.82) is 5.26 Å². The van der Waals surface area contributed by atoms with Crippen LogP contribution in [0.4, 0.5) is 10.5 Å². The lowest BCUT2D eigenvalue weighted by Gasteiger charge is -2.28. The van der Waals surface area contributed by atoms with Gasteiger partial charge in [0.2, 0.25) is 5.88 Å². The largest absolute Gasteiger partial charge is 0.479 e. The van der Waals surface area contributed by atoms with Crippen LogP contribution in [0.3, 0.4) is 0 Å². The molecule has 0 aliphatic rings. The van der Waals surface area contributed by atoms with Gasteiger partial charge in [0.05, 0.1) is 36.7 Å². The molecule has 0 bridgehead atoms. The van der Waals surface area contributed by atoms with Crippen molar-refractivity contribution >= 4 is 52.5 Å². The molecular formula is C34H36Cl3N5O6. The zero-order valence-corrected chi connectivity index (χ0v) is 29.5. The Morgan fingerprint density at radius 3 is 2.27 bits per heavy atom. The molecular weight excluding hydrogens is 681 g/mol. The zero-order valence-electron chi connectivity index (χ0n) is 27.2. The van der Waals surface area contributed by atoms with Crippen LogP contribution in [0.1, 0.15) is 33.3 Å². The van der Waals surface area contributed by atoms with Gasteiger partial charge in [-0.15, -0.1) is 5.10 Å². The number of ether oxygens (including phenoxy) is 3. The number of anilines is 1. The van der Waals surface area contributed by atoms with Crippen LogP contribution in [-0.4, -0.2) is 47.6 Å². The molecule has 4 aromatic rings. The number of nitrogens with one attached hydrogen (secondary N) is 1. The van der Waals surface area contributed by atoms with E-state index in [1.165, 1.54) is 20.3 Å². The number of nitrogens with zero attached hydrogens (tertiary/aromatic N) is 4. The van der Waals surface area contributed by atoms with Gasteiger partial charge in [0.25, 0.3) is 5.91 Å². The van der Waals surface area contributed by atoms with E-state index in [9.17, 15) is 14.9 Å². The number of carbonyl (C=O) groups excluding carboxylic acids is 2. The Morgan fingerprint density at radius 1 is 1.00 bits per heavy atom. The van der Waals surface area contributed by atoms with E-state index in [-0.39, 0.29) is 18.4 Å². The summed E-state index contributed by atoms with van der Waals surface area (Å²) in [7, 11) is 2.68. The molecule has 0 aliphatic heterocycles. The Labute approximate surface area is 294 Å². The summed E-state index contributed by atoms with van der Waals surface area (Å²) >= 11 is 17.7. The number of hydroxylamine groups is 1. The fourth-order valence-electron chi connectivity index (χ4n) is 3.93. The summed E-state index contributed by atoms with van der Waals surface area (Å²) in [6.07, 6.45) is 0.382. The van der Waals surface area contributed by atoms with Gasteiger partial charge in [0.1, 0.15) is 17.9 Å². The number of amides is 2. The van der Waals surface area contributed by atoms with E-state index in [1.807, 2.05) is 38.1 Å². The Balaban J connectivity index is 0.000000270. The maximum absolute atomic E-state index is 12.1. The standard InChI is InChI=1S/C19H18ClN3O4.C15H18Cl2N2O2/c1-25-19(24)23(26-2)17-6-4-3-5-14(17)13-27-18-11-12-22(21-18)16-9-7-15(20)8-10-16;1-9(2)15(4,8-18)19-14(20)10(3)21-13-6-5-11(16)7-12(13)17/h3-12H,13H2,1-2H3;5-7,9-10H,1-4H3,(H,19,20). The molecule has 0 radical (unpaired) electrons. The van der Waals surface area contributed by atoms with E-state index in [0.29, 0.717) is 32.4 Å². The van der Waals surface area contributed by atoms with Gasteiger partial charge in [-0.2, -0.15) is 10.3 Å². The van der Waals surface area contributed by atoms with Gasteiger partial charge in [-0.05, 0) is 68.3 Å². The third-order valence-electron chi connectivity index (χ3n) is 7.10. The van der Waals surface area contributed by atoms with Gasteiger partial charge in [-0.3, -0.25) is 9.63 Å². The molecule has 3 aromatic carbocycles. The highest BCUT2D eigenvalue weighted by Gasteiger charge is 2.32. The van der Waals surface area contributed by atoms with Gasteiger partial charge < -0.3 is 19.5 Å². The Kier molecular flexibility index (Phi) is 13.9. The van der Waals surface area contributed by atoms with Crippen molar-refractivity contribution in [1.82, 2.24) is 15.1 Å². The highest BCUT2D eigenvalue weighted by atomic mass is 35.5. The third-order valence-corrected chi connectivity index (χ3v) is 7.88. The second-order valence-electron chi connectivity index (χ2n) is 10.7. The topological polar surface area (TPSA) is 128 Å². The summed E-state index contributed by atoms with van der Waals surface area (Å²) in [6, 6.07) is 23.2. The molecule has 0 saturated heterocycles. The van der Waals surface area contributed by atoms with Crippen LogP contribution >= 0.6 is 34.8 Å². The number of methoxy groups -OCH3 is 1. The monoisotopic (exact) mass is 715 g/mol. The fraction of sp³-hybridized carbons (Fsp3) is 0.294. The second-order valence-corrected chi connectivity index (χ2v) is 12.0. The smallest absolute Gasteiger partial charge is 0.438 e. The number of halogens is 3. The highest BCUT2D eigenvalue weighted by Crippen LogP contribution is 2.29. The molecule has 254 valence electrons. The molecule has 1 aromatic heterocycles. The van der Waals surface area contributed by atoms with Crippen LogP contribution < -0.4 is 19.9 Å². The van der Waals surface area contributed by atoms with Crippen LogP contribution in [0.5, 0.6) is 11.6 Å². The number of aromatic nitrogens is 2. The molecule has 48 heavy (non-hydrogen) atoms.